The van der Waals surface area contributed by atoms with E-state index in [4.69, 9.17) is 18.0 Å². The summed E-state index contributed by atoms with van der Waals surface area (Å²) in [4.78, 5) is 11.6. The molecule has 0 heterocycles. The third-order valence-electron chi connectivity index (χ3n) is 2.11. The summed E-state index contributed by atoms with van der Waals surface area (Å²) in [7, 11) is -2.34. The predicted molar refractivity (Wildman–Crippen MR) is 68.9 cm³/mol. The van der Waals surface area contributed by atoms with Gasteiger partial charge in [0, 0.05) is 0 Å². The SMILES string of the molecule is C#CCNC(=O)c1cc(S(=O)(=O)NC)ccc1Cl. The molecule has 0 aliphatic heterocycles. The Balaban J connectivity index is 3.18. The van der Waals surface area contributed by atoms with Crippen LogP contribution in [0.15, 0.2) is 23.1 Å². The molecule has 0 atom stereocenters. The van der Waals surface area contributed by atoms with Gasteiger partial charge in [0.25, 0.3) is 5.91 Å². The van der Waals surface area contributed by atoms with Crippen molar-refractivity contribution >= 4 is 27.5 Å². The number of carbonyl (C=O) groups excluding carboxylic acids is 1. The molecule has 0 aliphatic rings. The van der Waals surface area contributed by atoms with Crippen LogP contribution in [-0.2, 0) is 10.0 Å². The molecule has 0 radical (unpaired) electrons. The largest absolute Gasteiger partial charge is 0.341 e. The molecule has 0 aromatic heterocycles. The van der Waals surface area contributed by atoms with Crippen molar-refractivity contribution in [2.75, 3.05) is 13.6 Å². The molecule has 2 N–H and O–H groups in total. The highest BCUT2D eigenvalue weighted by molar-refractivity contribution is 7.89. The summed E-state index contributed by atoms with van der Waals surface area (Å²) in [6.07, 6.45) is 5.01. The van der Waals surface area contributed by atoms with E-state index in [0.717, 1.165) is 0 Å². The average molecular weight is 287 g/mol. The predicted octanol–water partition coefficient (Wildman–Crippen LogP) is 0.611. The lowest BCUT2D eigenvalue weighted by molar-refractivity contribution is 0.0958. The zero-order valence-electron chi connectivity index (χ0n) is 9.53. The molecule has 1 amide bonds. The number of nitrogens with one attached hydrogen (secondary N) is 2. The first-order chi connectivity index (χ1) is 8.42. The Kier molecular flexibility index (Phi) is 4.73. The Morgan fingerprint density at radius 1 is 1.50 bits per heavy atom. The minimum absolute atomic E-state index is 0.0398. The molecule has 1 aromatic carbocycles. The third-order valence-corrected chi connectivity index (χ3v) is 3.85. The maximum Gasteiger partial charge on any atom is 0.253 e. The summed E-state index contributed by atoms with van der Waals surface area (Å²) < 4.78 is 25.3. The fraction of sp³-hybridized carbons (Fsp3) is 0.182. The van der Waals surface area contributed by atoms with Gasteiger partial charge in [-0.2, -0.15) is 0 Å². The van der Waals surface area contributed by atoms with Crippen LogP contribution in [0.25, 0.3) is 0 Å². The van der Waals surface area contributed by atoms with Crippen molar-refractivity contribution in [1.82, 2.24) is 10.0 Å². The lowest BCUT2D eigenvalue weighted by atomic mass is 10.2. The molecular weight excluding hydrogens is 276 g/mol. The van der Waals surface area contributed by atoms with Crippen molar-refractivity contribution in [2.24, 2.45) is 0 Å². The zero-order chi connectivity index (χ0) is 13.8. The average Bonchev–Trinajstić information content (AvgIpc) is 2.36. The maximum atomic E-state index is 11.7. The van der Waals surface area contributed by atoms with Crippen LogP contribution in [0.5, 0.6) is 0 Å². The molecule has 7 heteroatoms. The minimum Gasteiger partial charge on any atom is -0.341 e. The van der Waals surface area contributed by atoms with E-state index in [9.17, 15) is 13.2 Å². The highest BCUT2D eigenvalue weighted by Gasteiger charge is 2.16. The summed E-state index contributed by atoms with van der Waals surface area (Å²) in [6, 6.07) is 3.85. The van der Waals surface area contributed by atoms with Crippen molar-refractivity contribution in [3.05, 3.63) is 28.8 Å². The van der Waals surface area contributed by atoms with Crippen molar-refractivity contribution in [3.8, 4) is 12.3 Å². The quantitative estimate of drug-likeness (QED) is 0.797. The van der Waals surface area contributed by atoms with Crippen molar-refractivity contribution in [1.29, 1.82) is 0 Å². The van der Waals surface area contributed by atoms with Gasteiger partial charge in [0.05, 0.1) is 22.0 Å². The summed E-state index contributed by atoms with van der Waals surface area (Å²) in [5.41, 5.74) is 0.0586. The van der Waals surface area contributed by atoms with Gasteiger partial charge < -0.3 is 5.32 Å². The number of benzene rings is 1. The molecule has 1 aromatic rings. The van der Waals surface area contributed by atoms with Crippen LogP contribution in [-0.4, -0.2) is 27.9 Å². The van der Waals surface area contributed by atoms with Gasteiger partial charge in [0.15, 0.2) is 0 Å². The molecule has 0 aliphatic carbocycles. The van der Waals surface area contributed by atoms with E-state index >= 15 is 0 Å². The molecule has 0 bridgehead atoms. The fourth-order valence-electron chi connectivity index (χ4n) is 1.19. The monoisotopic (exact) mass is 286 g/mol. The van der Waals surface area contributed by atoms with E-state index in [2.05, 4.69) is 16.0 Å². The number of terminal acetylenes is 1. The maximum absolute atomic E-state index is 11.7. The second-order valence-electron chi connectivity index (χ2n) is 3.24. The molecular formula is C11H11ClN2O3S. The van der Waals surface area contributed by atoms with Crippen LogP contribution in [0.1, 0.15) is 10.4 Å². The van der Waals surface area contributed by atoms with E-state index in [1.54, 1.807) is 0 Å². The normalized spacial score (nSPS) is 10.7. The number of carbonyl (C=O) groups is 1. The first-order valence-electron chi connectivity index (χ1n) is 4.87. The van der Waals surface area contributed by atoms with E-state index < -0.39 is 15.9 Å². The molecule has 0 fully saturated rings. The summed E-state index contributed by atoms with van der Waals surface area (Å²) in [5.74, 6) is 1.72. The van der Waals surface area contributed by atoms with Crippen molar-refractivity contribution < 1.29 is 13.2 Å². The number of halogens is 1. The lowest BCUT2D eigenvalue weighted by Gasteiger charge is -2.07. The van der Waals surface area contributed by atoms with Crippen LogP contribution >= 0.6 is 11.6 Å². The van der Waals surface area contributed by atoms with E-state index in [1.165, 1.54) is 25.2 Å². The Bertz CT molecular complexity index is 605. The van der Waals surface area contributed by atoms with Crippen LogP contribution in [0.3, 0.4) is 0 Å². The second kappa shape index (κ2) is 5.87. The topological polar surface area (TPSA) is 75.3 Å². The van der Waals surface area contributed by atoms with Gasteiger partial charge in [-0.15, -0.1) is 6.42 Å². The Labute approximate surface area is 111 Å². The van der Waals surface area contributed by atoms with E-state index in [-0.39, 0.29) is 22.0 Å². The number of hydrogen-bond acceptors (Lipinski definition) is 3. The molecule has 5 nitrogen and oxygen atoms in total. The number of amides is 1. The molecule has 0 saturated heterocycles. The molecule has 18 heavy (non-hydrogen) atoms. The lowest BCUT2D eigenvalue weighted by Crippen LogP contribution is -2.25. The molecule has 0 spiro atoms. The highest BCUT2D eigenvalue weighted by atomic mass is 35.5. The minimum atomic E-state index is -3.62. The van der Waals surface area contributed by atoms with Crippen LogP contribution in [0, 0.1) is 12.3 Å². The third kappa shape index (κ3) is 3.23. The van der Waals surface area contributed by atoms with Crippen LogP contribution < -0.4 is 10.0 Å². The van der Waals surface area contributed by atoms with E-state index in [0.29, 0.717) is 0 Å². The molecule has 1 rings (SSSR count). The van der Waals surface area contributed by atoms with Gasteiger partial charge in [-0.1, -0.05) is 17.5 Å². The Morgan fingerprint density at radius 2 is 2.17 bits per heavy atom. The van der Waals surface area contributed by atoms with Gasteiger partial charge in [0.1, 0.15) is 0 Å². The van der Waals surface area contributed by atoms with Crippen LogP contribution in [0.4, 0.5) is 0 Å². The number of rotatable bonds is 4. The highest BCUT2D eigenvalue weighted by Crippen LogP contribution is 2.20. The van der Waals surface area contributed by atoms with Crippen LogP contribution in [0.2, 0.25) is 5.02 Å². The summed E-state index contributed by atoms with van der Waals surface area (Å²) in [5, 5.41) is 2.56. The van der Waals surface area contributed by atoms with Gasteiger partial charge in [0.2, 0.25) is 10.0 Å². The summed E-state index contributed by atoms with van der Waals surface area (Å²) in [6.45, 7) is 0.0398. The van der Waals surface area contributed by atoms with Crippen molar-refractivity contribution in [2.45, 2.75) is 4.90 Å². The number of sulfonamides is 1. The van der Waals surface area contributed by atoms with Crippen molar-refractivity contribution in [3.63, 3.8) is 0 Å². The van der Waals surface area contributed by atoms with Gasteiger partial charge in [-0.25, -0.2) is 13.1 Å². The van der Waals surface area contributed by atoms with Gasteiger partial charge in [-0.05, 0) is 25.2 Å². The summed E-state index contributed by atoms with van der Waals surface area (Å²) >= 11 is 5.84. The molecule has 96 valence electrons. The first-order valence-corrected chi connectivity index (χ1v) is 6.73. The first kappa shape index (κ1) is 14.5. The number of hydrogen-bond donors (Lipinski definition) is 2. The molecule has 0 unspecified atom stereocenters. The van der Waals surface area contributed by atoms with E-state index in [1.807, 2.05) is 0 Å². The van der Waals surface area contributed by atoms with Gasteiger partial charge >= 0.3 is 0 Å². The Morgan fingerprint density at radius 3 is 2.72 bits per heavy atom. The second-order valence-corrected chi connectivity index (χ2v) is 5.53. The van der Waals surface area contributed by atoms with Gasteiger partial charge in [-0.3, -0.25) is 4.79 Å². The smallest absolute Gasteiger partial charge is 0.253 e. The standard InChI is InChI=1S/C11H11ClN2O3S/c1-3-6-14-11(15)9-7-8(4-5-10(9)12)18(16,17)13-2/h1,4-5,7,13H,6H2,2H3,(H,14,15). The fourth-order valence-corrected chi connectivity index (χ4v) is 2.15. The molecule has 0 saturated carbocycles. The Hall–Kier alpha value is -1.55. The zero-order valence-corrected chi connectivity index (χ0v) is 11.1.